The maximum atomic E-state index is 12.2. The largest absolute Gasteiger partial charge is 0.456 e. The molecule has 1 aromatic heterocycles. The van der Waals surface area contributed by atoms with Crippen molar-refractivity contribution in [3.8, 4) is 0 Å². The Labute approximate surface area is 173 Å². The monoisotopic (exact) mass is 413 g/mol. The first-order valence-electron chi connectivity index (χ1n) is 9.35. The van der Waals surface area contributed by atoms with Gasteiger partial charge < -0.3 is 25.6 Å². The standard InChI is InChI=1S/C19H23N7O4/c1-25(2)19-23-14(22-18(20)24-19)11-30-16(28)10-21-17(29)12-5-7-13(8-6-12)26-9-3-4-15(26)27/h5-8H,3-4,9-11H2,1-2H3,(H,21,29)(H2,20,22,23,24). The summed E-state index contributed by atoms with van der Waals surface area (Å²) in [5, 5.41) is 2.49. The number of aromatic nitrogens is 3. The fourth-order valence-corrected chi connectivity index (χ4v) is 2.85. The number of rotatable bonds is 7. The van der Waals surface area contributed by atoms with Gasteiger partial charge in [0.25, 0.3) is 5.91 Å². The number of carbonyl (C=O) groups excluding carboxylic acids is 3. The van der Waals surface area contributed by atoms with Gasteiger partial charge in [0, 0.05) is 38.3 Å². The molecule has 158 valence electrons. The first-order valence-corrected chi connectivity index (χ1v) is 9.35. The third kappa shape index (κ3) is 5.19. The number of amides is 2. The van der Waals surface area contributed by atoms with Crippen molar-refractivity contribution in [3.63, 3.8) is 0 Å². The van der Waals surface area contributed by atoms with Crippen LogP contribution in [0.2, 0.25) is 0 Å². The second-order valence-electron chi connectivity index (χ2n) is 6.84. The van der Waals surface area contributed by atoms with E-state index in [1.807, 2.05) is 0 Å². The van der Waals surface area contributed by atoms with Crippen LogP contribution in [0.3, 0.4) is 0 Å². The van der Waals surface area contributed by atoms with Crippen LogP contribution in [0.4, 0.5) is 17.6 Å². The van der Waals surface area contributed by atoms with E-state index in [0.717, 1.165) is 12.1 Å². The summed E-state index contributed by atoms with van der Waals surface area (Å²) in [6.07, 6.45) is 1.37. The smallest absolute Gasteiger partial charge is 0.325 e. The minimum Gasteiger partial charge on any atom is -0.456 e. The Kier molecular flexibility index (Phi) is 6.40. The van der Waals surface area contributed by atoms with E-state index in [1.54, 1.807) is 48.2 Å². The van der Waals surface area contributed by atoms with E-state index in [4.69, 9.17) is 10.5 Å². The summed E-state index contributed by atoms with van der Waals surface area (Å²) in [4.78, 5) is 51.3. The number of benzene rings is 1. The summed E-state index contributed by atoms with van der Waals surface area (Å²) in [5.41, 5.74) is 6.74. The van der Waals surface area contributed by atoms with Gasteiger partial charge in [0.1, 0.15) is 6.54 Å². The van der Waals surface area contributed by atoms with Crippen molar-refractivity contribution < 1.29 is 19.1 Å². The fraction of sp³-hybridized carbons (Fsp3) is 0.368. The van der Waals surface area contributed by atoms with E-state index in [2.05, 4.69) is 20.3 Å². The number of nitrogens with one attached hydrogen (secondary N) is 1. The molecule has 2 heterocycles. The minimum absolute atomic E-state index is 0.0205. The van der Waals surface area contributed by atoms with Gasteiger partial charge in [-0.2, -0.15) is 15.0 Å². The molecule has 1 saturated heterocycles. The summed E-state index contributed by atoms with van der Waals surface area (Å²) in [6, 6.07) is 6.64. The van der Waals surface area contributed by atoms with Crippen molar-refractivity contribution in [2.24, 2.45) is 0 Å². The lowest BCUT2D eigenvalue weighted by atomic mass is 10.2. The van der Waals surface area contributed by atoms with Crippen molar-refractivity contribution in [1.29, 1.82) is 0 Å². The molecule has 11 heteroatoms. The number of nitrogens with zero attached hydrogens (tertiary/aromatic N) is 5. The van der Waals surface area contributed by atoms with E-state index < -0.39 is 11.9 Å². The zero-order chi connectivity index (χ0) is 21.7. The minimum atomic E-state index is -0.645. The highest BCUT2D eigenvalue weighted by Gasteiger charge is 2.21. The van der Waals surface area contributed by atoms with E-state index in [1.165, 1.54) is 0 Å². The van der Waals surface area contributed by atoms with Gasteiger partial charge in [-0.1, -0.05) is 0 Å². The Morgan fingerprint density at radius 1 is 1.20 bits per heavy atom. The van der Waals surface area contributed by atoms with Crippen LogP contribution in [-0.2, 0) is 20.9 Å². The average molecular weight is 413 g/mol. The SMILES string of the molecule is CN(C)c1nc(N)nc(COC(=O)CNC(=O)c2ccc(N3CCCC3=O)cc2)n1. The van der Waals surface area contributed by atoms with Gasteiger partial charge in [0.2, 0.25) is 17.8 Å². The normalized spacial score (nSPS) is 13.3. The third-order valence-electron chi connectivity index (χ3n) is 4.36. The van der Waals surface area contributed by atoms with Gasteiger partial charge in [-0.3, -0.25) is 14.4 Å². The molecule has 1 fully saturated rings. The van der Waals surface area contributed by atoms with Gasteiger partial charge >= 0.3 is 5.97 Å². The van der Waals surface area contributed by atoms with Gasteiger partial charge in [-0.05, 0) is 30.7 Å². The third-order valence-corrected chi connectivity index (χ3v) is 4.36. The predicted octanol–water partition coefficient (Wildman–Crippen LogP) is 0.120. The van der Waals surface area contributed by atoms with E-state index in [9.17, 15) is 14.4 Å². The van der Waals surface area contributed by atoms with E-state index in [-0.39, 0.29) is 30.8 Å². The quantitative estimate of drug-likeness (QED) is 0.605. The van der Waals surface area contributed by atoms with Crippen LogP contribution < -0.4 is 20.9 Å². The van der Waals surface area contributed by atoms with Crippen LogP contribution in [0.1, 0.15) is 29.0 Å². The topological polar surface area (TPSA) is 144 Å². The van der Waals surface area contributed by atoms with Gasteiger partial charge in [0.05, 0.1) is 0 Å². The molecule has 0 atom stereocenters. The number of ether oxygens (including phenoxy) is 1. The zero-order valence-electron chi connectivity index (χ0n) is 16.8. The molecule has 0 bridgehead atoms. The second kappa shape index (κ2) is 9.16. The summed E-state index contributed by atoms with van der Waals surface area (Å²) < 4.78 is 5.08. The summed E-state index contributed by atoms with van der Waals surface area (Å²) >= 11 is 0. The molecule has 0 aliphatic carbocycles. The summed E-state index contributed by atoms with van der Waals surface area (Å²) in [6.45, 7) is 0.173. The molecular weight excluding hydrogens is 390 g/mol. The number of nitrogens with two attached hydrogens (primary N) is 1. The molecule has 2 aromatic rings. The molecule has 3 rings (SSSR count). The summed E-state index contributed by atoms with van der Waals surface area (Å²) in [7, 11) is 3.49. The Morgan fingerprint density at radius 2 is 1.93 bits per heavy atom. The lowest BCUT2D eigenvalue weighted by Gasteiger charge is -2.15. The number of anilines is 3. The number of nitrogen functional groups attached to an aromatic ring is 1. The van der Waals surface area contributed by atoms with Crippen molar-refractivity contribution in [2.75, 3.05) is 42.7 Å². The van der Waals surface area contributed by atoms with E-state index in [0.29, 0.717) is 24.5 Å². The second-order valence-corrected chi connectivity index (χ2v) is 6.84. The maximum Gasteiger partial charge on any atom is 0.325 e. The fourth-order valence-electron chi connectivity index (χ4n) is 2.85. The number of carbonyl (C=O) groups is 3. The molecule has 3 N–H and O–H groups in total. The van der Waals surface area contributed by atoms with Crippen LogP contribution in [-0.4, -0.2) is 59.9 Å². The van der Waals surface area contributed by atoms with Gasteiger partial charge in [0.15, 0.2) is 12.4 Å². The number of esters is 1. The van der Waals surface area contributed by atoms with Crippen LogP contribution in [0.15, 0.2) is 24.3 Å². The predicted molar refractivity (Wildman–Crippen MR) is 109 cm³/mol. The van der Waals surface area contributed by atoms with Crippen LogP contribution in [0, 0.1) is 0 Å². The molecular formula is C19H23N7O4. The van der Waals surface area contributed by atoms with E-state index >= 15 is 0 Å². The van der Waals surface area contributed by atoms with Gasteiger partial charge in [-0.25, -0.2) is 0 Å². The molecule has 0 saturated carbocycles. The molecule has 0 spiro atoms. The first kappa shape index (κ1) is 21.0. The lowest BCUT2D eigenvalue weighted by molar-refractivity contribution is -0.143. The molecule has 0 radical (unpaired) electrons. The molecule has 1 aliphatic rings. The van der Waals surface area contributed by atoms with Crippen molar-refractivity contribution >= 4 is 35.4 Å². The molecule has 1 aromatic carbocycles. The maximum absolute atomic E-state index is 12.2. The molecule has 11 nitrogen and oxygen atoms in total. The first-order chi connectivity index (χ1) is 14.3. The van der Waals surface area contributed by atoms with Crippen molar-refractivity contribution in [2.45, 2.75) is 19.4 Å². The average Bonchev–Trinajstić information content (AvgIpc) is 3.16. The van der Waals surface area contributed by atoms with Crippen molar-refractivity contribution in [3.05, 3.63) is 35.7 Å². The Hall–Kier alpha value is -3.76. The molecule has 0 unspecified atom stereocenters. The Bertz CT molecular complexity index is 946. The lowest BCUT2D eigenvalue weighted by Crippen LogP contribution is -2.31. The summed E-state index contributed by atoms with van der Waals surface area (Å²) in [5.74, 6) is -0.419. The molecule has 30 heavy (non-hydrogen) atoms. The highest BCUT2D eigenvalue weighted by molar-refractivity contribution is 5.98. The van der Waals surface area contributed by atoms with Crippen LogP contribution >= 0.6 is 0 Å². The highest BCUT2D eigenvalue weighted by atomic mass is 16.5. The number of hydrogen-bond acceptors (Lipinski definition) is 9. The highest BCUT2D eigenvalue weighted by Crippen LogP contribution is 2.21. The van der Waals surface area contributed by atoms with Gasteiger partial charge in [-0.15, -0.1) is 0 Å². The molecule has 2 amide bonds. The van der Waals surface area contributed by atoms with Crippen LogP contribution in [0.25, 0.3) is 0 Å². The van der Waals surface area contributed by atoms with Crippen LogP contribution in [0.5, 0.6) is 0 Å². The number of hydrogen-bond donors (Lipinski definition) is 2. The molecule has 1 aliphatic heterocycles. The zero-order valence-corrected chi connectivity index (χ0v) is 16.8. The Balaban J connectivity index is 1.49. The Morgan fingerprint density at radius 3 is 2.57 bits per heavy atom. The van der Waals surface area contributed by atoms with Crippen molar-refractivity contribution in [1.82, 2.24) is 20.3 Å².